The van der Waals surface area contributed by atoms with Crippen molar-refractivity contribution in [3.05, 3.63) is 22.3 Å². The lowest BCUT2D eigenvalue weighted by Crippen LogP contribution is -2.38. The monoisotopic (exact) mass is 361 g/mol. The summed E-state index contributed by atoms with van der Waals surface area (Å²) in [5, 5.41) is 20.7. The highest BCUT2D eigenvalue weighted by Gasteiger charge is 2.29. The van der Waals surface area contributed by atoms with E-state index in [1.54, 1.807) is 0 Å². The van der Waals surface area contributed by atoms with Gasteiger partial charge in [0.2, 0.25) is 6.04 Å². The highest BCUT2D eigenvalue weighted by Crippen LogP contribution is 2.12. The molecular weight excluding hydrogens is 338 g/mol. The van der Waals surface area contributed by atoms with E-state index in [-0.39, 0.29) is 13.0 Å². The molecule has 0 spiro atoms. The second kappa shape index (κ2) is 11.1. The smallest absolute Gasteiger partial charge is 0.303 e. The summed E-state index contributed by atoms with van der Waals surface area (Å²) in [6.07, 6.45) is -1.48. The zero-order chi connectivity index (χ0) is 19.6. The fourth-order valence-corrected chi connectivity index (χ4v) is 1.91. The molecule has 0 aliphatic rings. The quantitative estimate of drug-likeness (QED) is 0.192. The molecule has 10 nitrogen and oxygen atoms in total. The first-order valence-corrected chi connectivity index (χ1v) is 7.56. The summed E-state index contributed by atoms with van der Waals surface area (Å²) in [4.78, 5) is 43.6. The minimum atomic E-state index is -1.44. The largest absolute Gasteiger partial charge is 0.462 e. The fourth-order valence-electron chi connectivity index (χ4n) is 1.91. The molecule has 0 heterocycles. The Labute approximate surface area is 144 Å². The maximum absolute atomic E-state index is 11.3. The van der Waals surface area contributed by atoms with E-state index in [0.29, 0.717) is 0 Å². The fraction of sp³-hybridized carbons (Fsp3) is 0.667. The van der Waals surface area contributed by atoms with Crippen LogP contribution in [0.2, 0.25) is 0 Å². The van der Waals surface area contributed by atoms with Crippen LogP contribution in [0, 0.1) is 10.1 Å². The van der Waals surface area contributed by atoms with Crippen molar-refractivity contribution in [1.82, 2.24) is 0 Å². The summed E-state index contributed by atoms with van der Waals surface area (Å²) < 4.78 is 14.7. The van der Waals surface area contributed by atoms with Crippen LogP contribution in [0.4, 0.5) is 0 Å². The Balaban J connectivity index is 5.35. The van der Waals surface area contributed by atoms with Crippen LogP contribution in [0.5, 0.6) is 0 Å². The zero-order valence-corrected chi connectivity index (χ0v) is 14.5. The summed E-state index contributed by atoms with van der Waals surface area (Å²) in [6, 6.07) is -1.24. The van der Waals surface area contributed by atoms with Crippen LogP contribution in [0.3, 0.4) is 0 Å². The third kappa shape index (κ3) is 9.40. The van der Waals surface area contributed by atoms with Crippen molar-refractivity contribution < 1.29 is 38.6 Å². The lowest BCUT2D eigenvalue weighted by atomic mass is 10.1. The van der Waals surface area contributed by atoms with Crippen molar-refractivity contribution in [2.45, 2.75) is 58.5 Å². The van der Waals surface area contributed by atoms with Gasteiger partial charge in [-0.2, -0.15) is 0 Å². The van der Waals surface area contributed by atoms with E-state index in [1.165, 1.54) is 6.92 Å². The third-order valence-electron chi connectivity index (χ3n) is 3.02. The normalized spacial score (nSPS) is 15.7. The number of hydrogen-bond donors (Lipinski definition) is 1. The maximum Gasteiger partial charge on any atom is 0.303 e. The summed E-state index contributed by atoms with van der Waals surface area (Å²) >= 11 is 0. The Morgan fingerprint density at radius 1 is 1.08 bits per heavy atom. The number of nitro groups is 1. The molecule has 0 aromatic rings. The molecule has 0 rings (SSSR count). The zero-order valence-electron chi connectivity index (χ0n) is 14.5. The molecular formula is C15H23NO9. The highest BCUT2D eigenvalue weighted by atomic mass is 16.6. The Morgan fingerprint density at radius 2 is 1.64 bits per heavy atom. The predicted octanol–water partition coefficient (Wildman–Crippen LogP) is 0.385. The first-order chi connectivity index (χ1) is 11.6. The van der Waals surface area contributed by atoms with E-state index in [1.807, 2.05) is 0 Å². The molecule has 1 N–H and O–H groups in total. The molecule has 0 aromatic heterocycles. The van der Waals surface area contributed by atoms with E-state index in [4.69, 9.17) is 14.2 Å². The van der Waals surface area contributed by atoms with Crippen molar-refractivity contribution in [2.24, 2.45) is 0 Å². The molecule has 0 aliphatic heterocycles. The number of rotatable bonds is 10. The van der Waals surface area contributed by atoms with Gasteiger partial charge in [0, 0.05) is 32.1 Å². The van der Waals surface area contributed by atoms with Gasteiger partial charge in [0.25, 0.3) is 0 Å². The van der Waals surface area contributed by atoms with Crippen LogP contribution in [0.1, 0.15) is 34.1 Å². The molecule has 0 saturated heterocycles. The predicted molar refractivity (Wildman–Crippen MR) is 84.0 cm³/mol. The van der Waals surface area contributed by atoms with Gasteiger partial charge in [-0.25, -0.2) is 0 Å². The second-order valence-corrected chi connectivity index (χ2v) is 5.16. The van der Waals surface area contributed by atoms with Gasteiger partial charge < -0.3 is 19.3 Å². The lowest BCUT2D eigenvalue weighted by Gasteiger charge is -2.24. The highest BCUT2D eigenvalue weighted by molar-refractivity contribution is 5.68. The van der Waals surface area contributed by atoms with Crippen molar-refractivity contribution in [3.8, 4) is 0 Å². The number of aliphatic hydroxyl groups excluding tert-OH is 1. The average molecular weight is 361 g/mol. The van der Waals surface area contributed by atoms with Gasteiger partial charge in [-0.1, -0.05) is 6.92 Å². The van der Waals surface area contributed by atoms with Crippen molar-refractivity contribution in [3.63, 3.8) is 0 Å². The van der Waals surface area contributed by atoms with Crippen LogP contribution >= 0.6 is 0 Å². The summed E-state index contributed by atoms with van der Waals surface area (Å²) in [6.45, 7) is 4.52. The summed E-state index contributed by atoms with van der Waals surface area (Å²) in [7, 11) is 0. The minimum absolute atomic E-state index is 0.0809. The Kier molecular flexibility index (Phi) is 10.0. The first kappa shape index (κ1) is 22.5. The Hall–Kier alpha value is -2.49. The van der Waals surface area contributed by atoms with E-state index in [9.17, 15) is 29.6 Å². The van der Waals surface area contributed by atoms with Gasteiger partial charge in [-0.05, 0) is 12.2 Å². The molecule has 2 unspecified atom stereocenters. The number of nitrogens with zero attached hydrogens (tertiary/aromatic N) is 1. The molecule has 0 aromatic carbocycles. The van der Waals surface area contributed by atoms with E-state index in [0.717, 1.165) is 32.9 Å². The number of ether oxygens (including phenoxy) is 3. The van der Waals surface area contributed by atoms with Crippen molar-refractivity contribution >= 4 is 17.9 Å². The minimum Gasteiger partial charge on any atom is -0.462 e. The number of carbonyl (C=O) groups is 3. The standard InChI is InChI=1S/C15H23NO9/c1-5-12(16(21)22)13(20)6-7-14(24-10(3)18)15(25-11(4)19)8-23-9(2)17/h6-7,12-15,20H,5,8H2,1-4H3/b7-6-/t12?,13?,14-,15-/m0/s1. The topological polar surface area (TPSA) is 142 Å². The molecule has 142 valence electrons. The van der Waals surface area contributed by atoms with E-state index >= 15 is 0 Å². The molecule has 0 saturated carbocycles. The summed E-state index contributed by atoms with van der Waals surface area (Å²) in [5.41, 5.74) is 0. The Bertz CT molecular complexity index is 517. The SMILES string of the molecule is CCC(C(O)/C=C\[C@H](OC(C)=O)[C@H](COC(C)=O)OC(C)=O)[N+](=O)[O-]. The van der Waals surface area contributed by atoms with Crippen molar-refractivity contribution in [1.29, 1.82) is 0 Å². The van der Waals surface area contributed by atoms with E-state index in [2.05, 4.69) is 0 Å². The first-order valence-electron chi connectivity index (χ1n) is 7.56. The second-order valence-electron chi connectivity index (χ2n) is 5.16. The molecule has 25 heavy (non-hydrogen) atoms. The number of aliphatic hydroxyl groups is 1. The lowest BCUT2D eigenvalue weighted by molar-refractivity contribution is -0.531. The molecule has 10 heteroatoms. The Morgan fingerprint density at radius 3 is 2.04 bits per heavy atom. The molecule has 0 amide bonds. The molecule has 0 aliphatic carbocycles. The summed E-state index contributed by atoms with van der Waals surface area (Å²) in [5.74, 6) is -2.06. The molecule has 4 atom stereocenters. The van der Waals surface area contributed by atoms with Gasteiger partial charge in [0.05, 0.1) is 0 Å². The number of hydrogen-bond acceptors (Lipinski definition) is 9. The maximum atomic E-state index is 11.3. The van der Waals surface area contributed by atoms with Gasteiger partial charge in [0.15, 0.2) is 12.2 Å². The third-order valence-corrected chi connectivity index (χ3v) is 3.02. The number of carbonyl (C=O) groups excluding carboxylic acids is 3. The van der Waals surface area contributed by atoms with Gasteiger partial charge in [-0.3, -0.25) is 24.5 Å². The van der Waals surface area contributed by atoms with Crippen LogP contribution in [0.25, 0.3) is 0 Å². The van der Waals surface area contributed by atoms with E-state index < -0.39 is 47.2 Å². The molecule has 0 bridgehead atoms. The molecule has 0 radical (unpaired) electrons. The van der Waals surface area contributed by atoms with Crippen LogP contribution in [0.15, 0.2) is 12.2 Å². The van der Waals surface area contributed by atoms with Crippen molar-refractivity contribution in [2.75, 3.05) is 6.61 Å². The van der Waals surface area contributed by atoms with Crippen LogP contribution < -0.4 is 0 Å². The number of esters is 3. The van der Waals surface area contributed by atoms with Gasteiger partial charge in [-0.15, -0.1) is 0 Å². The van der Waals surface area contributed by atoms with Crippen LogP contribution in [-0.4, -0.2) is 58.9 Å². The average Bonchev–Trinajstić information content (AvgIpc) is 2.47. The van der Waals surface area contributed by atoms with Gasteiger partial charge in [0.1, 0.15) is 12.7 Å². The van der Waals surface area contributed by atoms with Crippen LogP contribution in [-0.2, 0) is 28.6 Å². The molecule has 0 fully saturated rings. The van der Waals surface area contributed by atoms with Gasteiger partial charge >= 0.3 is 17.9 Å².